The number of halogens is 1. The average Bonchev–Trinajstić information content (AvgIpc) is 3.12. The van der Waals surface area contributed by atoms with Crippen LogP contribution < -0.4 is 16.0 Å². The van der Waals surface area contributed by atoms with Crippen molar-refractivity contribution in [1.82, 2.24) is 10.6 Å². The van der Waals surface area contributed by atoms with Gasteiger partial charge in [-0.05, 0) is 42.9 Å². The van der Waals surface area contributed by atoms with E-state index in [1.54, 1.807) is 7.05 Å². The van der Waals surface area contributed by atoms with Gasteiger partial charge in [0.2, 0.25) is 5.91 Å². The molecule has 0 atom stereocenters. The molecule has 1 aliphatic rings. The van der Waals surface area contributed by atoms with E-state index in [1.807, 2.05) is 18.2 Å². The van der Waals surface area contributed by atoms with Crippen LogP contribution in [0.1, 0.15) is 51.5 Å². The van der Waals surface area contributed by atoms with Gasteiger partial charge >= 0.3 is 0 Å². The van der Waals surface area contributed by atoms with Crippen molar-refractivity contribution in [3.8, 4) is 0 Å². The minimum atomic E-state index is 0. The first-order chi connectivity index (χ1) is 12.1. The summed E-state index contributed by atoms with van der Waals surface area (Å²) in [6.07, 6.45) is 5.50. The van der Waals surface area contributed by atoms with Gasteiger partial charge in [0.05, 0.1) is 0 Å². The Labute approximate surface area is 174 Å². The molecule has 1 aliphatic carbocycles. The Hall–Kier alpha value is -1.31. The lowest BCUT2D eigenvalue weighted by Gasteiger charge is -2.14. The van der Waals surface area contributed by atoms with Crippen LogP contribution in [0.4, 0.5) is 5.69 Å². The topological polar surface area (TPSA) is 65.5 Å². The van der Waals surface area contributed by atoms with E-state index in [0.29, 0.717) is 12.5 Å². The fourth-order valence-electron chi connectivity index (χ4n) is 3.08. The van der Waals surface area contributed by atoms with E-state index < -0.39 is 0 Å². The molecule has 0 aromatic heterocycles. The Morgan fingerprint density at radius 3 is 2.62 bits per heavy atom. The van der Waals surface area contributed by atoms with Crippen LogP contribution in [0.5, 0.6) is 0 Å². The molecule has 5 nitrogen and oxygen atoms in total. The Balaban J connectivity index is 0.00000338. The van der Waals surface area contributed by atoms with Crippen molar-refractivity contribution in [2.24, 2.45) is 16.8 Å². The number of nitrogens with zero attached hydrogens (tertiary/aromatic N) is 1. The fraction of sp³-hybridized carbons (Fsp3) is 0.600. The molecule has 0 spiro atoms. The summed E-state index contributed by atoms with van der Waals surface area (Å²) in [6, 6.07) is 8.02. The second-order valence-corrected chi connectivity index (χ2v) is 7.21. The maximum atomic E-state index is 12.3. The van der Waals surface area contributed by atoms with Gasteiger partial charge in [-0.2, -0.15) is 0 Å². The highest BCUT2D eigenvalue weighted by Gasteiger charge is 2.22. The zero-order valence-electron chi connectivity index (χ0n) is 16.2. The van der Waals surface area contributed by atoms with E-state index >= 15 is 0 Å². The molecule has 0 bridgehead atoms. The number of benzene rings is 1. The van der Waals surface area contributed by atoms with E-state index in [1.165, 1.54) is 12.8 Å². The number of carbonyl (C=O) groups is 1. The molecule has 0 unspecified atom stereocenters. The monoisotopic (exact) mass is 472 g/mol. The van der Waals surface area contributed by atoms with Gasteiger partial charge in [0.1, 0.15) is 0 Å². The summed E-state index contributed by atoms with van der Waals surface area (Å²) in [5.41, 5.74) is 2.00. The van der Waals surface area contributed by atoms with Gasteiger partial charge in [-0.15, -0.1) is 24.0 Å². The summed E-state index contributed by atoms with van der Waals surface area (Å²) >= 11 is 0. The maximum Gasteiger partial charge on any atom is 0.227 e. The number of nitrogens with one attached hydrogen (secondary N) is 3. The number of hydrogen-bond acceptors (Lipinski definition) is 2. The summed E-state index contributed by atoms with van der Waals surface area (Å²) in [6.45, 7) is 6.01. The van der Waals surface area contributed by atoms with E-state index in [4.69, 9.17) is 0 Å². The van der Waals surface area contributed by atoms with Crippen molar-refractivity contribution in [2.75, 3.05) is 18.9 Å². The van der Waals surface area contributed by atoms with Crippen molar-refractivity contribution >= 4 is 41.5 Å². The van der Waals surface area contributed by atoms with E-state index in [9.17, 15) is 4.79 Å². The van der Waals surface area contributed by atoms with Crippen molar-refractivity contribution in [2.45, 2.75) is 52.5 Å². The zero-order valence-corrected chi connectivity index (χ0v) is 18.5. The third-order valence-corrected chi connectivity index (χ3v) is 4.62. The molecule has 1 aromatic rings. The van der Waals surface area contributed by atoms with E-state index in [2.05, 4.69) is 40.9 Å². The summed E-state index contributed by atoms with van der Waals surface area (Å²) in [7, 11) is 1.78. The first-order valence-corrected chi connectivity index (χ1v) is 9.43. The molecule has 1 fully saturated rings. The molecule has 3 N–H and O–H groups in total. The molecule has 0 saturated heterocycles. The zero-order chi connectivity index (χ0) is 18.1. The number of rotatable bonds is 7. The third-order valence-electron chi connectivity index (χ3n) is 4.62. The lowest BCUT2D eigenvalue weighted by molar-refractivity contribution is -0.119. The van der Waals surface area contributed by atoms with Crippen LogP contribution in [0.3, 0.4) is 0 Å². The lowest BCUT2D eigenvalue weighted by Crippen LogP contribution is -2.37. The van der Waals surface area contributed by atoms with Crippen molar-refractivity contribution in [3.05, 3.63) is 29.8 Å². The molecule has 2 rings (SSSR count). The number of aliphatic imine (C=N–C) groups is 1. The quantitative estimate of drug-likeness (QED) is 0.318. The fourth-order valence-corrected chi connectivity index (χ4v) is 3.08. The summed E-state index contributed by atoms with van der Waals surface area (Å²) in [5, 5.41) is 9.71. The number of hydrogen-bond donors (Lipinski definition) is 3. The van der Waals surface area contributed by atoms with Gasteiger partial charge in [0.15, 0.2) is 5.96 Å². The number of carbonyl (C=O) groups excluding carboxylic acids is 1. The number of guanidine groups is 1. The van der Waals surface area contributed by atoms with Gasteiger partial charge in [-0.3, -0.25) is 9.79 Å². The SMILES string of the molecule is CN=C(NCCC(C)C)NCc1cccc(NC(=O)C2CCCC2)c1.I. The Bertz CT molecular complexity index is 583. The van der Waals surface area contributed by atoms with Gasteiger partial charge in [-0.25, -0.2) is 0 Å². The molecule has 6 heteroatoms. The molecular weight excluding hydrogens is 439 g/mol. The van der Waals surface area contributed by atoms with Crippen molar-refractivity contribution in [1.29, 1.82) is 0 Å². The molecule has 1 aromatic carbocycles. The summed E-state index contributed by atoms with van der Waals surface area (Å²) < 4.78 is 0. The molecule has 1 amide bonds. The number of anilines is 1. The molecule has 0 aliphatic heterocycles. The van der Waals surface area contributed by atoms with Gasteiger partial charge in [0, 0.05) is 31.7 Å². The van der Waals surface area contributed by atoms with Crippen molar-refractivity contribution < 1.29 is 4.79 Å². The minimum absolute atomic E-state index is 0. The molecule has 26 heavy (non-hydrogen) atoms. The highest BCUT2D eigenvalue weighted by atomic mass is 127. The van der Waals surface area contributed by atoms with Crippen LogP contribution in [-0.2, 0) is 11.3 Å². The molecule has 0 heterocycles. The van der Waals surface area contributed by atoms with Gasteiger partial charge in [0.25, 0.3) is 0 Å². The molecule has 146 valence electrons. The normalized spacial score (nSPS) is 14.8. The second-order valence-electron chi connectivity index (χ2n) is 7.21. The standard InChI is InChI=1S/C20H32N4O.HI/c1-15(2)11-12-22-20(21-3)23-14-16-7-6-10-18(13-16)24-19(25)17-8-4-5-9-17;/h6-7,10,13,15,17H,4-5,8-9,11-12,14H2,1-3H3,(H,24,25)(H2,21,22,23);1H. The predicted octanol–water partition coefficient (Wildman–Crippen LogP) is 4.14. The summed E-state index contributed by atoms with van der Waals surface area (Å²) in [5.74, 6) is 1.83. The van der Waals surface area contributed by atoms with Gasteiger partial charge in [-0.1, -0.05) is 38.8 Å². The predicted molar refractivity (Wildman–Crippen MR) is 120 cm³/mol. The number of amides is 1. The third kappa shape index (κ3) is 7.93. The average molecular weight is 472 g/mol. The Morgan fingerprint density at radius 2 is 1.96 bits per heavy atom. The highest BCUT2D eigenvalue weighted by molar-refractivity contribution is 14.0. The minimum Gasteiger partial charge on any atom is -0.356 e. The first kappa shape index (κ1) is 22.7. The van der Waals surface area contributed by atoms with Crippen LogP contribution in [0.25, 0.3) is 0 Å². The molecule has 0 radical (unpaired) electrons. The molecular formula is C20H33IN4O. The maximum absolute atomic E-state index is 12.3. The van der Waals surface area contributed by atoms with E-state index in [-0.39, 0.29) is 35.8 Å². The van der Waals surface area contributed by atoms with Gasteiger partial charge < -0.3 is 16.0 Å². The second kappa shape index (κ2) is 12.1. The van der Waals surface area contributed by atoms with Crippen LogP contribution in [0.2, 0.25) is 0 Å². The Morgan fingerprint density at radius 1 is 1.23 bits per heavy atom. The van der Waals surface area contributed by atoms with Crippen LogP contribution >= 0.6 is 24.0 Å². The highest BCUT2D eigenvalue weighted by Crippen LogP contribution is 2.26. The lowest BCUT2D eigenvalue weighted by atomic mass is 10.1. The smallest absolute Gasteiger partial charge is 0.227 e. The van der Waals surface area contributed by atoms with Crippen LogP contribution in [0.15, 0.2) is 29.3 Å². The largest absolute Gasteiger partial charge is 0.356 e. The van der Waals surface area contributed by atoms with E-state index in [0.717, 1.165) is 43.0 Å². The molecule has 1 saturated carbocycles. The van der Waals surface area contributed by atoms with Crippen LogP contribution in [0, 0.1) is 11.8 Å². The van der Waals surface area contributed by atoms with Crippen LogP contribution in [-0.4, -0.2) is 25.5 Å². The Kier molecular flexibility index (Phi) is 10.6. The first-order valence-electron chi connectivity index (χ1n) is 9.43. The van der Waals surface area contributed by atoms with Crippen molar-refractivity contribution in [3.63, 3.8) is 0 Å². The summed E-state index contributed by atoms with van der Waals surface area (Å²) in [4.78, 5) is 16.5.